The second-order valence-electron chi connectivity index (χ2n) is 7.83. The molecule has 0 aromatic carbocycles. The summed E-state index contributed by atoms with van der Waals surface area (Å²) in [4.78, 5) is 0. The molecule has 0 fully saturated rings. The van der Waals surface area contributed by atoms with Crippen LogP contribution in [0.4, 0.5) is 0 Å². The maximum atomic E-state index is 6.31. The average molecular weight is 335 g/mol. The van der Waals surface area contributed by atoms with Gasteiger partial charge in [0.25, 0.3) is 0 Å². The molecule has 1 heteroatoms. The third kappa shape index (κ3) is 9.06. The van der Waals surface area contributed by atoms with E-state index >= 15 is 0 Å². The molecule has 0 amide bonds. The van der Waals surface area contributed by atoms with Gasteiger partial charge in [-0.05, 0) is 19.3 Å². The highest BCUT2D eigenvalue weighted by atomic mass is 16.5. The van der Waals surface area contributed by atoms with Crippen molar-refractivity contribution < 1.29 is 4.74 Å². The van der Waals surface area contributed by atoms with Crippen LogP contribution in [-0.2, 0) is 4.74 Å². The summed E-state index contributed by atoms with van der Waals surface area (Å²) < 4.78 is 6.31. The fourth-order valence-corrected chi connectivity index (χ4v) is 3.66. The third-order valence-corrected chi connectivity index (χ3v) is 5.39. The van der Waals surface area contributed by atoms with Gasteiger partial charge in [-0.1, -0.05) is 109 Å². The van der Waals surface area contributed by atoms with Gasteiger partial charge in [-0.3, -0.25) is 0 Å². The molecule has 0 aromatic heterocycles. The van der Waals surface area contributed by atoms with Crippen LogP contribution in [0, 0.1) is 5.41 Å². The summed E-state index contributed by atoms with van der Waals surface area (Å²) in [6, 6.07) is 0. The quantitative estimate of drug-likeness (QED) is 0.280. The van der Waals surface area contributed by atoms with Crippen molar-refractivity contribution >= 4 is 0 Å². The van der Waals surface area contributed by atoms with Gasteiger partial charge in [-0.25, -0.2) is 0 Å². The van der Waals surface area contributed by atoms with Gasteiger partial charge in [0.05, 0.1) is 6.10 Å². The zero-order valence-electron chi connectivity index (χ0n) is 16.7. The summed E-state index contributed by atoms with van der Waals surface area (Å²) in [7, 11) is 0. The van der Waals surface area contributed by atoms with Crippen molar-refractivity contribution in [3.05, 3.63) is 24.3 Å². The first-order valence-corrected chi connectivity index (χ1v) is 10.7. The normalized spacial score (nSPS) is 21.3. The van der Waals surface area contributed by atoms with Gasteiger partial charge in [0.1, 0.15) is 0 Å². The minimum Gasteiger partial charge on any atom is -0.377 e. The van der Waals surface area contributed by atoms with Crippen LogP contribution in [0.1, 0.15) is 104 Å². The molecule has 1 nitrogen and oxygen atoms in total. The Morgan fingerprint density at radius 1 is 0.833 bits per heavy atom. The Kier molecular flexibility index (Phi) is 12.3. The van der Waals surface area contributed by atoms with Gasteiger partial charge in [-0.2, -0.15) is 0 Å². The number of allylic oxidation sites excluding steroid dienone is 3. The van der Waals surface area contributed by atoms with E-state index in [4.69, 9.17) is 4.74 Å². The summed E-state index contributed by atoms with van der Waals surface area (Å²) in [5.74, 6) is 0. The molecule has 0 radical (unpaired) electrons. The molecular formula is C23H42O. The van der Waals surface area contributed by atoms with Gasteiger partial charge in [0.15, 0.2) is 0 Å². The summed E-state index contributed by atoms with van der Waals surface area (Å²) in [5.41, 5.74) is 0.198. The molecule has 0 heterocycles. The van der Waals surface area contributed by atoms with E-state index in [9.17, 15) is 0 Å². The smallest absolute Gasteiger partial charge is 0.0666 e. The highest BCUT2D eigenvalue weighted by Crippen LogP contribution is 2.35. The van der Waals surface area contributed by atoms with E-state index in [0.29, 0.717) is 6.10 Å². The lowest BCUT2D eigenvalue weighted by Crippen LogP contribution is -2.33. The average Bonchev–Trinajstić information content (AvgIpc) is 2.59. The van der Waals surface area contributed by atoms with Crippen molar-refractivity contribution in [2.45, 2.75) is 110 Å². The van der Waals surface area contributed by atoms with Crippen molar-refractivity contribution in [1.29, 1.82) is 0 Å². The number of rotatable bonds is 15. The van der Waals surface area contributed by atoms with Gasteiger partial charge in [-0.15, -0.1) is 0 Å². The summed E-state index contributed by atoms with van der Waals surface area (Å²) in [6.45, 7) is 7.84. The van der Waals surface area contributed by atoms with E-state index in [1.54, 1.807) is 0 Å². The van der Waals surface area contributed by atoms with Crippen molar-refractivity contribution in [1.82, 2.24) is 0 Å². The summed E-state index contributed by atoms with van der Waals surface area (Å²) in [6.07, 6.45) is 26.7. The van der Waals surface area contributed by atoms with Crippen LogP contribution in [0.25, 0.3) is 0 Å². The molecule has 0 saturated carbocycles. The first-order valence-electron chi connectivity index (χ1n) is 10.7. The number of ether oxygens (including phenoxy) is 1. The maximum absolute atomic E-state index is 6.31. The van der Waals surface area contributed by atoms with Crippen LogP contribution >= 0.6 is 0 Å². The van der Waals surface area contributed by atoms with E-state index in [2.05, 4.69) is 45.1 Å². The van der Waals surface area contributed by atoms with E-state index < -0.39 is 0 Å². The standard InChI is InChI=1S/C23H42O/c1-4-6-7-8-9-10-11-12-13-17-21-24-22(18-5-2)23(3)19-15-14-16-20-23/h14-16,19,22H,4-13,17-18,20-21H2,1-3H3. The van der Waals surface area contributed by atoms with Crippen molar-refractivity contribution in [2.24, 2.45) is 5.41 Å². The number of hydrogen-bond acceptors (Lipinski definition) is 1. The molecule has 0 N–H and O–H groups in total. The minimum atomic E-state index is 0.198. The van der Waals surface area contributed by atoms with Gasteiger partial charge in [0.2, 0.25) is 0 Å². The minimum absolute atomic E-state index is 0.198. The molecule has 0 aromatic rings. The topological polar surface area (TPSA) is 9.23 Å². The zero-order chi connectivity index (χ0) is 17.5. The van der Waals surface area contributed by atoms with Gasteiger partial charge in [0, 0.05) is 12.0 Å². The lowest BCUT2D eigenvalue weighted by molar-refractivity contribution is -0.0192. The van der Waals surface area contributed by atoms with Crippen LogP contribution in [0.15, 0.2) is 24.3 Å². The monoisotopic (exact) mass is 334 g/mol. The molecule has 0 aliphatic heterocycles. The molecule has 2 atom stereocenters. The van der Waals surface area contributed by atoms with E-state index in [-0.39, 0.29) is 5.41 Å². The molecule has 0 saturated heterocycles. The Bertz CT molecular complexity index is 344. The first-order chi connectivity index (χ1) is 11.7. The highest BCUT2D eigenvalue weighted by molar-refractivity contribution is 5.17. The second kappa shape index (κ2) is 13.7. The largest absolute Gasteiger partial charge is 0.377 e. The summed E-state index contributed by atoms with van der Waals surface area (Å²) >= 11 is 0. The fourth-order valence-electron chi connectivity index (χ4n) is 3.66. The molecule has 2 unspecified atom stereocenters. The number of hydrogen-bond donors (Lipinski definition) is 0. The Balaban J connectivity index is 2.05. The maximum Gasteiger partial charge on any atom is 0.0666 e. The Morgan fingerprint density at radius 3 is 2.00 bits per heavy atom. The number of unbranched alkanes of at least 4 members (excludes halogenated alkanes) is 9. The van der Waals surface area contributed by atoms with Crippen LogP contribution in [-0.4, -0.2) is 12.7 Å². The SMILES string of the molecule is CCCCCCCCCCCCOC(CCC)C1(C)C=CC=CC1. The van der Waals surface area contributed by atoms with Crippen LogP contribution < -0.4 is 0 Å². The lowest BCUT2D eigenvalue weighted by atomic mass is 9.77. The predicted molar refractivity (Wildman–Crippen MR) is 107 cm³/mol. The van der Waals surface area contributed by atoms with Crippen LogP contribution in [0.2, 0.25) is 0 Å². The van der Waals surface area contributed by atoms with Crippen LogP contribution in [0.5, 0.6) is 0 Å². The van der Waals surface area contributed by atoms with Gasteiger partial charge < -0.3 is 4.74 Å². The third-order valence-electron chi connectivity index (χ3n) is 5.39. The van der Waals surface area contributed by atoms with Crippen molar-refractivity contribution in [3.8, 4) is 0 Å². The molecular weight excluding hydrogens is 292 g/mol. The Morgan fingerprint density at radius 2 is 1.46 bits per heavy atom. The van der Waals surface area contributed by atoms with Crippen LogP contribution in [0.3, 0.4) is 0 Å². The Labute approximate surface area is 151 Å². The summed E-state index contributed by atoms with van der Waals surface area (Å²) in [5, 5.41) is 0. The second-order valence-corrected chi connectivity index (χ2v) is 7.83. The molecule has 0 bridgehead atoms. The molecule has 1 aliphatic carbocycles. The molecule has 140 valence electrons. The Hall–Kier alpha value is -0.560. The predicted octanol–water partition coefficient (Wildman–Crippen LogP) is 7.62. The molecule has 24 heavy (non-hydrogen) atoms. The molecule has 0 spiro atoms. The molecule has 1 aliphatic rings. The fraction of sp³-hybridized carbons (Fsp3) is 0.826. The lowest BCUT2D eigenvalue weighted by Gasteiger charge is -2.35. The van der Waals surface area contributed by atoms with E-state index in [1.807, 2.05) is 0 Å². The van der Waals surface area contributed by atoms with E-state index in [1.165, 1.54) is 77.0 Å². The van der Waals surface area contributed by atoms with E-state index in [0.717, 1.165) is 13.0 Å². The molecule has 1 rings (SSSR count). The first kappa shape index (κ1) is 21.5. The highest BCUT2D eigenvalue weighted by Gasteiger charge is 2.31. The van der Waals surface area contributed by atoms with Crippen molar-refractivity contribution in [3.63, 3.8) is 0 Å². The van der Waals surface area contributed by atoms with Crippen molar-refractivity contribution in [2.75, 3.05) is 6.61 Å². The van der Waals surface area contributed by atoms with Gasteiger partial charge >= 0.3 is 0 Å². The zero-order valence-corrected chi connectivity index (χ0v) is 16.7.